The highest BCUT2D eigenvalue weighted by atomic mass is 16.5. The van der Waals surface area contributed by atoms with E-state index in [0.717, 1.165) is 24.3 Å². The first-order valence-corrected chi connectivity index (χ1v) is 9.28. The molecule has 0 aliphatic heterocycles. The lowest BCUT2D eigenvalue weighted by atomic mass is 9.49. The summed E-state index contributed by atoms with van der Waals surface area (Å²) in [7, 11) is 1.35. The largest absolute Gasteiger partial charge is 0.465 e. The maximum absolute atomic E-state index is 12.3. The van der Waals surface area contributed by atoms with Crippen molar-refractivity contribution in [3.8, 4) is 0 Å². The van der Waals surface area contributed by atoms with Crippen LogP contribution in [0.15, 0.2) is 24.3 Å². The molecular formula is C20H26N2O3. The lowest BCUT2D eigenvalue weighted by molar-refractivity contribution is -0.0496. The van der Waals surface area contributed by atoms with E-state index >= 15 is 0 Å². The van der Waals surface area contributed by atoms with E-state index in [9.17, 15) is 9.59 Å². The summed E-state index contributed by atoms with van der Waals surface area (Å²) in [6.45, 7) is 0.780. The Morgan fingerprint density at radius 3 is 2.12 bits per heavy atom. The van der Waals surface area contributed by atoms with Crippen molar-refractivity contribution in [2.45, 2.75) is 38.5 Å². The minimum atomic E-state index is -0.377. The molecular weight excluding hydrogens is 316 g/mol. The van der Waals surface area contributed by atoms with Gasteiger partial charge in [0.25, 0.3) is 0 Å². The number of methoxy groups -OCH3 is 1. The van der Waals surface area contributed by atoms with Crippen molar-refractivity contribution in [1.82, 2.24) is 5.32 Å². The predicted molar refractivity (Wildman–Crippen MR) is 95.4 cm³/mol. The molecule has 5 rings (SSSR count). The van der Waals surface area contributed by atoms with Crippen LogP contribution in [0.25, 0.3) is 0 Å². The summed E-state index contributed by atoms with van der Waals surface area (Å²) in [5.74, 6) is 2.30. The highest BCUT2D eigenvalue weighted by molar-refractivity contribution is 5.92. The van der Waals surface area contributed by atoms with E-state index in [4.69, 9.17) is 0 Å². The zero-order valence-corrected chi connectivity index (χ0v) is 14.7. The molecule has 0 heterocycles. The molecule has 0 atom stereocenters. The minimum Gasteiger partial charge on any atom is -0.465 e. The second kappa shape index (κ2) is 6.36. The zero-order valence-electron chi connectivity index (χ0n) is 14.7. The van der Waals surface area contributed by atoms with Gasteiger partial charge in [0.1, 0.15) is 0 Å². The number of hydrogen-bond donors (Lipinski definition) is 2. The van der Waals surface area contributed by atoms with Crippen LogP contribution in [0.1, 0.15) is 48.9 Å². The summed E-state index contributed by atoms with van der Waals surface area (Å²) in [5.41, 5.74) is 1.48. The Morgan fingerprint density at radius 1 is 1.04 bits per heavy atom. The summed E-state index contributed by atoms with van der Waals surface area (Å²) < 4.78 is 4.67. The second-order valence-electron chi connectivity index (χ2n) is 8.29. The van der Waals surface area contributed by atoms with E-state index in [1.807, 2.05) is 0 Å². The van der Waals surface area contributed by atoms with Gasteiger partial charge in [-0.3, -0.25) is 0 Å². The smallest absolute Gasteiger partial charge is 0.337 e. The third kappa shape index (κ3) is 3.37. The Labute approximate surface area is 148 Å². The Kier molecular flexibility index (Phi) is 4.18. The molecule has 2 N–H and O–H groups in total. The molecule has 4 aliphatic rings. The number of anilines is 1. The van der Waals surface area contributed by atoms with Crippen molar-refractivity contribution in [3.63, 3.8) is 0 Å². The van der Waals surface area contributed by atoms with E-state index in [1.54, 1.807) is 24.3 Å². The predicted octanol–water partition coefficient (Wildman–Crippen LogP) is 3.81. The maximum Gasteiger partial charge on any atom is 0.337 e. The number of esters is 1. The van der Waals surface area contributed by atoms with E-state index in [-0.39, 0.29) is 12.0 Å². The molecule has 4 bridgehead atoms. The van der Waals surface area contributed by atoms with Crippen LogP contribution in [-0.2, 0) is 4.74 Å². The van der Waals surface area contributed by atoms with Gasteiger partial charge in [-0.05, 0) is 86.0 Å². The van der Waals surface area contributed by atoms with Crippen molar-refractivity contribution in [3.05, 3.63) is 29.8 Å². The van der Waals surface area contributed by atoms with Gasteiger partial charge in [0, 0.05) is 12.2 Å². The summed E-state index contributed by atoms with van der Waals surface area (Å²) >= 11 is 0. The SMILES string of the molecule is COC(=O)c1ccc(NC(=O)NCC23CC4CC(CC(C4)C2)C3)cc1. The van der Waals surface area contributed by atoms with Crippen LogP contribution in [0, 0.1) is 23.2 Å². The molecule has 1 aromatic rings. The van der Waals surface area contributed by atoms with Gasteiger partial charge >= 0.3 is 12.0 Å². The van der Waals surface area contributed by atoms with E-state index < -0.39 is 0 Å². The molecule has 4 aliphatic carbocycles. The summed E-state index contributed by atoms with van der Waals surface area (Å²) in [6, 6.07) is 6.58. The summed E-state index contributed by atoms with van der Waals surface area (Å²) in [4.78, 5) is 23.7. The van der Waals surface area contributed by atoms with Gasteiger partial charge in [-0.15, -0.1) is 0 Å². The van der Waals surface area contributed by atoms with Crippen LogP contribution in [0.4, 0.5) is 10.5 Å². The maximum atomic E-state index is 12.3. The van der Waals surface area contributed by atoms with Gasteiger partial charge in [-0.2, -0.15) is 0 Å². The van der Waals surface area contributed by atoms with Crippen LogP contribution in [-0.4, -0.2) is 25.7 Å². The Bertz CT molecular complexity index is 633. The fraction of sp³-hybridized carbons (Fsp3) is 0.600. The molecule has 0 radical (unpaired) electrons. The van der Waals surface area contributed by atoms with Gasteiger partial charge < -0.3 is 15.4 Å². The number of benzene rings is 1. The fourth-order valence-electron chi connectivity index (χ4n) is 5.76. The summed E-state index contributed by atoms with van der Waals surface area (Å²) in [6.07, 6.45) is 8.10. The van der Waals surface area contributed by atoms with Crippen molar-refractivity contribution in [2.24, 2.45) is 23.2 Å². The number of rotatable bonds is 4. The van der Waals surface area contributed by atoms with Gasteiger partial charge in [-0.1, -0.05) is 0 Å². The van der Waals surface area contributed by atoms with Crippen LogP contribution >= 0.6 is 0 Å². The molecule has 0 unspecified atom stereocenters. The number of hydrogen-bond acceptors (Lipinski definition) is 3. The third-order valence-corrected chi connectivity index (χ3v) is 6.35. The lowest BCUT2D eigenvalue weighted by Crippen LogP contribution is -2.51. The molecule has 134 valence electrons. The first-order chi connectivity index (χ1) is 12.0. The van der Waals surface area contributed by atoms with Crippen molar-refractivity contribution < 1.29 is 14.3 Å². The number of carbonyl (C=O) groups excluding carboxylic acids is 2. The first kappa shape index (κ1) is 16.4. The number of nitrogens with one attached hydrogen (secondary N) is 2. The molecule has 0 spiro atoms. The molecule has 2 amide bonds. The molecule has 25 heavy (non-hydrogen) atoms. The third-order valence-electron chi connectivity index (χ3n) is 6.35. The monoisotopic (exact) mass is 342 g/mol. The molecule has 4 fully saturated rings. The topological polar surface area (TPSA) is 67.4 Å². The van der Waals surface area contributed by atoms with E-state index in [0.29, 0.717) is 16.7 Å². The molecule has 4 saturated carbocycles. The molecule has 0 aromatic heterocycles. The normalized spacial score (nSPS) is 32.3. The highest BCUT2D eigenvalue weighted by Gasteiger charge is 2.50. The zero-order chi connectivity index (χ0) is 17.4. The number of carbonyl (C=O) groups is 2. The van der Waals surface area contributed by atoms with Gasteiger partial charge in [0.2, 0.25) is 0 Å². The Morgan fingerprint density at radius 2 is 1.60 bits per heavy atom. The van der Waals surface area contributed by atoms with Crippen molar-refractivity contribution in [1.29, 1.82) is 0 Å². The molecule has 5 nitrogen and oxygen atoms in total. The van der Waals surface area contributed by atoms with Crippen molar-refractivity contribution in [2.75, 3.05) is 19.0 Å². The van der Waals surface area contributed by atoms with Gasteiger partial charge in [0.15, 0.2) is 0 Å². The fourth-order valence-corrected chi connectivity index (χ4v) is 5.76. The highest BCUT2D eigenvalue weighted by Crippen LogP contribution is 2.59. The molecule has 1 aromatic carbocycles. The Hall–Kier alpha value is -2.04. The molecule has 5 heteroatoms. The quantitative estimate of drug-likeness (QED) is 0.818. The van der Waals surface area contributed by atoms with Gasteiger partial charge in [0.05, 0.1) is 12.7 Å². The average Bonchev–Trinajstić information content (AvgIpc) is 2.59. The molecule has 0 saturated heterocycles. The lowest BCUT2D eigenvalue weighted by Gasteiger charge is -2.56. The number of amides is 2. The van der Waals surface area contributed by atoms with Crippen molar-refractivity contribution >= 4 is 17.7 Å². The second-order valence-corrected chi connectivity index (χ2v) is 8.29. The Balaban J connectivity index is 1.31. The van der Waals surface area contributed by atoms with Gasteiger partial charge in [-0.25, -0.2) is 9.59 Å². The van der Waals surface area contributed by atoms with E-state index in [1.165, 1.54) is 45.6 Å². The average molecular weight is 342 g/mol. The number of ether oxygens (including phenoxy) is 1. The minimum absolute atomic E-state index is 0.165. The first-order valence-electron chi connectivity index (χ1n) is 9.28. The number of urea groups is 1. The summed E-state index contributed by atoms with van der Waals surface area (Å²) in [5, 5.41) is 5.95. The van der Waals surface area contributed by atoms with Crippen LogP contribution in [0.5, 0.6) is 0 Å². The van der Waals surface area contributed by atoms with Crippen LogP contribution in [0.3, 0.4) is 0 Å². The standard InChI is InChI=1S/C20H26N2O3/c1-25-18(23)16-2-4-17(5-3-16)22-19(24)21-12-20-9-13-6-14(10-20)8-15(7-13)11-20/h2-5,13-15H,6-12H2,1H3,(H2,21,22,24). The van der Waals surface area contributed by atoms with Crippen LogP contribution < -0.4 is 10.6 Å². The van der Waals surface area contributed by atoms with Crippen LogP contribution in [0.2, 0.25) is 0 Å². The van der Waals surface area contributed by atoms with E-state index in [2.05, 4.69) is 15.4 Å².